The first-order valence-corrected chi connectivity index (χ1v) is 5.56. The molecule has 1 aliphatic heterocycles. The number of rotatable bonds is 2. The molecule has 1 heterocycles. The Labute approximate surface area is 100 Å². The van der Waals surface area contributed by atoms with Crippen LogP contribution < -0.4 is 4.90 Å². The van der Waals surface area contributed by atoms with E-state index in [9.17, 15) is 9.59 Å². The molecule has 90 valence electrons. The second-order valence-electron chi connectivity index (χ2n) is 4.26. The summed E-state index contributed by atoms with van der Waals surface area (Å²) in [6.45, 7) is 2.40. The summed E-state index contributed by atoms with van der Waals surface area (Å²) in [4.78, 5) is 24.8. The fraction of sp³-hybridized carbons (Fsp3) is 0.385. The van der Waals surface area contributed by atoms with Gasteiger partial charge in [-0.05, 0) is 19.1 Å². The summed E-state index contributed by atoms with van der Waals surface area (Å²) in [5.74, 6) is -0.675. The third kappa shape index (κ3) is 2.30. The van der Waals surface area contributed by atoms with Gasteiger partial charge in [0.15, 0.2) is 0 Å². The Morgan fingerprint density at radius 1 is 1.35 bits per heavy atom. The molecule has 1 atom stereocenters. The van der Waals surface area contributed by atoms with Gasteiger partial charge in [-0.1, -0.05) is 17.7 Å². The number of nitrogens with zero attached hydrogens (tertiary/aromatic N) is 1. The zero-order valence-electron chi connectivity index (χ0n) is 9.97. The van der Waals surface area contributed by atoms with Gasteiger partial charge in [-0.2, -0.15) is 0 Å². The predicted molar refractivity (Wildman–Crippen MR) is 63.7 cm³/mol. The summed E-state index contributed by atoms with van der Waals surface area (Å²) in [6.07, 6.45) is 0.237. The number of hydrogen-bond donors (Lipinski definition) is 0. The van der Waals surface area contributed by atoms with E-state index < -0.39 is 0 Å². The van der Waals surface area contributed by atoms with Crippen molar-refractivity contribution in [2.24, 2.45) is 5.92 Å². The minimum absolute atomic E-state index is 0.0238. The number of ether oxygens (including phenoxy) is 1. The number of carbonyl (C=O) groups excluding carboxylic acids is 2. The summed E-state index contributed by atoms with van der Waals surface area (Å²) >= 11 is 0. The summed E-state index contributed by atoms with van der Waals surface area (Å²) in [7, 11) is 1.35. The zero-order valence-corrected chi connectivity index (χ0v) is 9.97. The van der Waals surface area contributed by atoms with E-state index in [1.54, 1.807) is 4.90 Å². The molecule has 0 bridgehead atoms. The van der Waals surface area contributed by atoms with E-state index in [1.807, 2.05) is 31.2 Å². The molecule has 0 aliphatic carbocycles. The molecule has 4 nitrogen and oxygen atoms in total. The molecular weight excluding hydrogens is 218 g/mol. The van der Waals surface area contributed by atoms with E-state index >= 15 is 0 Å². The first-order valence-electron chi connectivity index (χ1n) is 5.56. The predicted octanol–water partition coefficient (Wildman–Crippen LogP) is 1.52. The Kier molecular flexibility index (Phi) is 3.13. The highest BCUT2D eigenvalue weighted by Crippen LogP contribution is 2.25. The molecule has 0 aromatic heterocycles. The fourth-order valence-electron chi connectivity index (χ4n) is 2.01. The van der Waals surface area contributed by atoms with Gasteiger partial charge in [0.2, 0.25) is 5.91 Å². The van der Waals surface area contributed by atoms with E-state index in [0.29, 0.717) is 6.54 Å². The molecule has 17 heavy (non-hydrogen) atoms. The molecule has 0 N–H and O–H groups in total. The number of amides is 1. The second kappa shape index (κ2) is 4.57. The van der Waals surface area contributed by atoms with Crippen LogP contribution in [0.5, 0.6) is 0 Å². The quantitative estimate of drug-likeness (QED) is 0.728. The van der Waals surface area contributed by atoms with Crippen molar-refractivity contribution in [2.75, 3.05) is 18.6 Å². The third-order valence-corrected chi connectivity index (χ3v) is 3.01. The van der Waals surface area contributed by atoms with E-state index in [2.05, 4.69) is 4.74 Å². The second-order valence-corrected chi connectivity index (χ2v) is 4.26. The smallest absolute Gasteiger partial charge is 0.311 e. The van der Waals surface area contributed by atoms with Gasteiger partial charge in [-0.15, -0.1) is 0 Å². The molecule has 0 spiro atoms. The molecule has 1 aromatic carbocycles. The molecule has 0 radical (unpaired) electrons. The molecular formula is C13H15NO3. The molecule has 1 saturated heterocycles. The van der Waals surface area contributed by atoms with Gasteiger partial charge in [0.1, 0.15) is 0 Å². The van der Waals surface area contributed by atoms with Crippen LogP contribution in [0.25, 0.3) is 0 Å². The Bertz CT molecular complexity index is 438. The highest BCUT2D eigenvalue weighted by molar-refractivity contribution is 5.99. The van der Waals surface area contributed by atoms with Crippen molar-refractivity contribution in [3.8, 4) is 0 Å². The van der Waals surface area contributed by atoms with E-state index in [0.717, 1.165) is 11.3 Å². The van der Waals surface area contributed by atoms with Crippen LogP contribution in [0, 0.1) is 12.8 Å². The van der Waals surface area contributed by atoms with Crippen molar-refractivity contribution in [3.05, 3.63) is 29.8 Å². The van der Waals surface area contributed by atoms with Crippen molar-refractivity contribution in [1.82, 2.24) is 0 Å². The summed E-state index contributed by atoms with van der Waals surface area (Å²) in [6, 6.07) is 7.70. The largest absolute Gasteiger partial charge is 0.469 e. The normalized spacial score (nSPS) is 19.5. The average molecular weight is 233 g/mol. The summed E-state index contributed by atoms with van der Waals surface area (Å²) in [5, 5.41) is 0. The molecule has 0 saturated carbocycles. The lowest BCUT2D eigenvalue weighted by Gasteiger charge is -2.16. The van der Waals surface area contributed by atoms with Crippen molar-refractivity contribution in [2.45, 2.75) is 13.3 Å². The minimum Gasteiger partial charge on any atom is -0.469 e. The monoisotopic (exact) mass is 233 g/mol. The van der Waals surface area contributed by atoms with E-state index in [1.165, 1.54) is 7.11 Å². The van der Waals surface area contributed by atoms with Gasteiger partial charge in [-0.25, -0.2) is 0 Å². The minimum atomic E-state index is -0.339. The van der Waals surface area contributed by atoms with E-state index in [4.69, 9.17) is 0 Å². The first-order chi connectivity index (χ1) is 8.11. The van der Waals surface area contributed by atoms with Gasteiger partial charge in [0, 0.05) is 18.7 Å². The Morgan fingerprint density at radius 3 is 2.59 bits per heavy atom. The van der Waals surface area contributed by atoms with Crippen molar-refractivity contribution < 1.29 is 14.3 Å². The van der Waals surface area contributed by atoms with Crippen LogP contribution in [-0.2, 0) is 14.3 Å². The van der Waals surface area contributed by atoms with Crippen LogP contribution in [0.4, 0.5) is 5.69 Å². The number of esters is 1. The van der Waals surface area contributed by atoms with Crippen LogP contribution in [0.3, 0.4) is 0 Å². The molecule has 1 fully saturated rings. The lowest BCUT2D eigenvalue weighted by molar-refractivity contribution is -0.145. The van der Waals surface area contributed by atoms with Crippen molar-refractivity contribution in [1.29, 1.82) is 0 Å². The number of hydrogen-bond acceptors (Lipinski definition) is 3. The van der Waals surface area contributed by atoms with Gasteiger partial charge in [0.25, 0.3) is 0 Å². The van der Waals surface area contributed by atoms with Crippen LogP contribution in [0.2, 0.25) is 0 Å². The van der Waals surface area contributed by atoms with Crippen LogP contribution in [-0.4, -0.2) is 25.5 Å². The SMILES string of the molecule is COC(=O)[C@@H]1CC(=O)N(c2ccc(C)cc2)C1. The standard InChI is InChI=1S/C13H15NO3/c1-9-3-5-11(6-4-9)14-8-10(7-12(14)15)13(16)17-2/h3-6,10H,7-8H2,1-2H3/t10-/m1/s1. The fourth-order valence-corrected chi connectivity index (χ4v) is 2.01. The van der Waals surface area contributed by atoms with Crippen molar-refractivity contribution in [3.63, 3.8) is 0 Å². The maximum Gasteiger partial charge on any atom is 0.311 e. The lowest BCUT2D eigenvalue weighted by atomic mass is 10.1. The maximum atomic E-state index is 11.8. The average Bonchev–Trinajstić information content (AvgIpc) is 2.71. The summed E-state index contributed by atoms with van der Waals surface area (Å²) in [5.41, 5.74) is 1.98. The van der Waals surface area contributed by atoms with Crippen LogP contribution in [0.15, 0.2) is 24.3 Å². The number of aryl methyl sites for hydroxylation is 1. The molecule has 4 heteroatoms. The van der Waals surface area contributed by atoms with E-state index in [-0.39, 0.29) is 24.2 Å². The highest BCUT2D eigenvalue weighted by Gasteiger charge is 2.35. The number of anilines is 1. The maximum absolute atomic E-state index is 11.8. The number of benzene rings is 1. The van der Waals surface area contributed by atoms with Gasteiger partial charge >= 0.3 is 5.97 Å². The topological polar surface area (TPSA) is 46.6 Å². The molecule has 1 amide bonds. The molecule has 1 aliphatic rings. The molecule has 1 aromatic rings. The Hall–Kier alpha value is -1.84. The Balaban J connectivity index is 2.15. The first kappa shape index (κ1) is 11.6. The van der Waals surface area contributed by atoms with Crippen LogP contribution >= 0.6 is 0 Å². The van der Waals surface area contributed by atoms with Crippen LogP contribution in [0.1, 0.15) is 12.0 Å². The van der Waals surface area contributed by atoms with Gasteiger partial charge < -0.3 is 9.64 Å². The third-order valence-electron chi connectivity index (χ3n) is 3.01. The zero-order chi connectivity index (χ0) is 12.4. The number of carbonyl (C=O) groups is 2. The van der Waals surface area contributed by atoms with Crippen molar-refractivity contribution >= 4 is 17.6 Å². The Morgan fingerprint density at radius 2 is 2.00 bits per heavy atom. The van der Waals surface area contributed by atoms with Gasteiger partial charge in [-0.3, -0.25) is 9.59 Å². The summed E-state index contributed by atoms with van der Waals surface area (Å²) < 4.78 is 4.67. The molecule has 0 unspecified atom stereocenters. The number of methoxy groups -OCH3 is 1. The molecule has 2 rings (SSSR count). The highest BCUT2D eigenvalue weighted by atomic mass is 16.5. The lowest BCUT2D eigenvalue weighted by Crippen LogP contribution is -2.26. The van der Waals surface area contributed by atoms with Gasteiger partial charge in [0.05, 0.1) is 13.0 Å².